The van der Waals surface area contributed by atoms with Crippen molar-refractivity contribution in [3.05, 3.63) is 102 Å². The molecule has 0 N–H and O–H groups in total. The summed E-state index contributed by atoms with van der Waals surface area (Å²) >= 11 is 0. The lowest BCUT2D eigenvalue weighted by Gasteiger charge is -2.08. The molecule has 0 saturated heterocycles. The molecule has 0 spiro atoms. The summed E-state index contributed by atoms with van der Waals surface area (Å²) in [7, 11) is 0. The number of alkyl halides is 3. The van der Waals surface area contributed by atoms with Gasteiger partial charge in [-0.3, -0.25) is 4.79 Å². The van der Waals surface area contributed by atoms with Gasteiger partial charge in [-0.2, -0.15) is 13.2 Å². The van der Waals surface area contributed by atoms with Crippen molar-refractivity contribution in [3.8, 4) is 5.75 Å². The fraction of sp³-hybridized carbons (Fsp3) is 0.0476. The molecule has 0 aliphatic heterocycles. The number of hydrogen-bond donors (Lipinski definition) is 0. The molecule has 3 aromatic rings. The third-order valence-electron chi connectivity index (χ3n) is 3.34. The molecular weight excluding hydrogens is 357 g/mol. The standard InChI is InChI=1S/C14H9F3O2.C7H6O/c15-14(16,17)11-6-8-12(9-7-11)19-13(18)10-4-2-1-3-5-10;8-6-7-4-2-1-3-5-7/h1-9H;1-6H. The van der Waals surface area contributed by atoms with Crippen LogP contribution in [0, 0.1) is 0 Å². The van der Waals surface area contributed by atoms with Crippen LogP contribution in [-0.2, 0) is 6.18 Å². The SMILES string of the molecule is O=C(Oc1ccc(C(F)(F)F)cc1)c1ccccc1.O=Cc1ccccc1. The van der Waals surface area contributed by atoms with Gasteiger partial charge in [0.15, 0.2) is 0 Å². The van der Waals surface area contributed by atoms with E-state index in [9.17, 15) is 22.8 Å². The van der Waals surface area contributed by atoms with Crippen LogP contribution in [0.1, 0.15) is 26.3 Å². The van der Waals surface area contributed by atoms with E-state index in [4.69, 9.17) is 4.74 Å². The van der Waals surface area contributed by atoms with Gasteiger partial charge in [0.05, 0.1) is 11.1 Å². The van der Waals surface area contributed by atoms with E-state index in [0.717, 1.165) is 36.1 Å². The van der Waals surface area contributed by atoms with Crippen molar-refractivity contribution in [1.29, 1.82) is 0 Å². The molecule has 0 bridgehead atoms. The van der Waals surface area contributed by atoms with Crippen LogP contribution in [0.25, 0.3) is 0 Å². The first kappa shape index (κ1) is 19.9. The molecule has 0 radical (unpaired) electrons. The number of esters is 1. The lowest BCUT2D eigenvalue weighted by atomic mass is 10.2. The van der Waals surface area contributed by atoms with E-state index in [-0.39, 0.29) is 5.75 Å². The third-order valence-corrected chi connectivity index (χ3v) is 3.34. The molecule has 6 heteroatoms. The molecule has 3 aromatic carbocycles. The monoisotopic (exact) mass is 372 g/mol. The Labute approximate surface area is 154 Å². The Balaban J connectivity index is 0.000000273. The fourth-order valence-electron chi connectivity index (χ4n) is 1.98. The smallest absolute Gasteiger partial charge is 0.416 e. The molecule has 138 valence electrons. The number of carbonyl (C=O) groups excluding carboxylic acids is 2. The predicted molar refractivity (Wildman–Crippen MR) is 94.7 cm³/mol. The zero-order valence-electron chi connectivity index (χ0n) is 14.0. The van der Waals surface area contributed by atoms with E-state index in [1.807, 2.05) is 18.2 Å². The first-order valence-corrected chi connectivity index (χ1v) is 7.85. The maximum Gasteiger partial charge on any atom is 0.416 e. The molecule has 0 fully saturated rings. The molecular formula is C21H15F3O3. The van der Waals surface area contributed by atoms with E-state index < -0.39 is 17.7 Å². The number of carbonyl (C=O) groups is 2. The first-order chi connectivity index (χ1) is 12.9. The van der Waals surface area contributed by atoms with Gasteiger partial charge in [-0.15, -0.1) is 0 Å². The molecule has 0 aromatic heterocycles. The van der Waals surface area contributed by atoms with Crippen LogP contribution < -0.4 is 4.74 Å². The van der Waals surface area contributed by atoms with Crippen LogP contribution in [0.15, 0.2) is 84.9 Å². The minimum Gasteiger partial charge on any atom is -0.423 e. The summed E-state index contributed by atoms with van der Waals surface area (Å²) in [6.07, 6.45) is -3.57. The van der Waals surface area contributed by atoms with E-state index >= 15 is 0 Å². The van der Waals surface area contributed by atoms with Crippen molar-refractivity contribution in [2.45, 2.75) is 6.18 Å². The zero-order valence-corrected chi connectivity index (χ0v) is 14.0. The van der Waals surface area contributed by atoms with Gasteiger partial charge in [0.1, 0.15) is 12.0 Å². The first-order valence-electron chi connectivity index (χ1n) is 7.85. The summed E-state index contributed by atoms with van der Waals surface area (Å²) in [5.74, 6) is -0.540. The van der Waals surface area contributed by atoms with Gasteiger partial charge < -0.3 is 4.74 Å². The quantitative estimate of drug-likeness (QED) is 0.350. The van der Waals surface area contributed by atoms with Crippen LogP contribution in [0.3, 0.4) is 0 Å². The van der Waals surface area contributed by atoms with Gasteiger partial charge in [0, 0.05) is 5.56 Å². The van der Waals surface area contributed by atoms with Crippen molar-refractivity contribution in [2.75, 3.05) is 0 Å². The van der Waals surface area contributed by atoms with Crippen molar-refractivity contribution in [1.82, 2.24) is 0 Å². The van der Waals surface area contributed by atoms with Gasteiger partial charge in [0.25, 0.3) is 0 Å². The Hall–Kier alpha value is -3.41. The molecule has 3 nitrogen and oxygen atoms in total. The maximum atomic E-state index is 12.3. The fourth-order valence-corrected chi connectivity index (χ4v) is 1.98. The molecule has 0 aliphatic carbocycles. The second-order valence-corrected chi connectivity index (χ2v) is 5.31. The molecule has 0 aliphatic rings. The summed E-state index contributed by atoms with van der Waals surface area (Å²) in [5.41, 5.74) is 0.280. The van der Waals surface area contributed by atoms with Crippen molar-refractivity contribution < 1.29 is 27.5 Å². The number of benzene rings is 3. The van der Waals surface area contributed by atoms with Crippen molar-refractivity contribution in [3.63, 3.8) is 0 Å². The van der Waals surface area contributed by atoms with E-state index in [1.165, 1.54) is 0 Å². The lowest BCUT2D eigenvalue weighted by molar-refractivity contribution is -0.137. The predicted octanol–water partition coefficient (Wildman–Crippen LogP) is 5.42. The summed E-state index contributed by atoms with van der Waals surface area (Å²) < 4.78 is 42.0. The molecule has 3 rings (SSSR count). The molecule has 0 unspecified atom stereocenters. The Morgan fingerprint density at radius 2 is 1.30 bits per heavy atom. The average molecular weight is 372 g/mol. The van der Waals surface area contributed by atoms with Gasteiger partial charge in [-0.25, -0.2) is 4.79 Å². The summed E-state index contributed by atoms with van der Waals surface area (Å²) in [6, 6.07) is 21.3. The molecule has 27 heavy (non-hydrogen) atoms. The van der Waals surface area contributed by atoms with Gasteiger partial charge in [-0.05, 0) is 36.4 Å². The molecule has 0 heterocycles. The van der Waals surface area contributed by atoms with E-state index in [0.29, 0.717) is 5.56 Å². The minimum atomic E-state index is -4.40. The Bertz CT molecular complexity index is 859. The number of rotatable bonds is 3. The summed E-state index contributed by atoms with van der Waals surface area (Å²) in [6.45, 7) is 0. The highest BCUT2D eigenvalue weighted by molar-refractivity contribution is 5.90. The number of halogens is 3. The van der Waals surface area contributed by atoms with Gasteiger partial charge in [0.2, 0.25) is 0 Å². The molecule has 0 amide bonds. The van der Waals surface area contributed by atoms with Crippen molar-refractivity contribution >= 4 is 12.3 Å². The van der Waals surface area contributed by atoms with Crippen molar-refractivity contribution in [2.24, 2.45) is 0 Å². The highest BCUT2D eigenvalue weighted by atomic mass is 19.4. The normalized spacial score (nSPS) is 10.3. The second kappa shape index (κ2) is 9.33. The van der Waals surface area contributed by atoms with Crippen LogP contribution in [0.5, 0.6) is 5.75 Å². The number of ether oxygens (including phenoxy) is 1. The Morgan fingerprint density at radius 1 is 0.778 bits per heavy atom. The highest BCUT2D eigenvalue weighted by Gasteiger charge is 2.30. The zero-order chi connectivity index (χ0) is 19.7. The molecule has 0 atom stereocenters. The highest BCUT2D eigenvalue weighted by Crippen LogP contribution is 2.30. The maximum absolute atomic E-state index is 12.3. The summed E-state index contributed by atoms with van der Waals surface area (Å²) in [4.78, 5) is 21.7. The van der Waals surface area contributed by atoms with Crippen LogP contribution in [-0.4, -0.2) is 12.3 Å². The van der Waals surface area contributed by atoms with Gasteiger partial charge >= 0.3 is 12.1 Å². The largest absolute Gasteiger partial charge is 0.423 e. The summed E-state index contributed by atoms with van der Waals surface area (Å²) in [5, 5.41) is 0. The topological polar surface area (TPSA) is 43.4 Å². The molecule has 0 saturated carbocycles. The van der Waals surface area contributed by atoms with Crippen LogP contribution in [0.2, 0.25) is 0 Å². The van der Waals surface area contributed by atoms with E-state index in [2.05, 4.69) is 0 Å². The van der Waals surface area contributed by atoms with E-state index in [1.54, 1.807) is 42.5 Å². The number of hydrogen-bond acceptors (Lipinski definition) is 3. The lowest BCUT2D eigenvalue weighted by Crippen LogP contribution is -2.09. The van der Waals surface area contributed by atoms with Crippen LogP contribution in [0.4, 0.5) is 13.2 Å². The minimum absolute atomic E-state index is 0.0712. The second-order valence-electron chi connectivity index (χ2n) is 5.31. The average Bonchev–Trinajstić information content (AvgIpc) is 2.69. The Morgan fingerprint density at radius 3 is 1.74 bits per heavy atom. The number of aldehydes is 1. The Kier molecular flexibility index (Phi) is 6.88. The van der Waals surface area contributed by atoms with Gasteiger partial charge in [-0.1, -0.05) is 48.5 Å². The van der Waals surface area contributed by atoms with Crippen LogP contribution >= 0.6 is 0 Å². The third kappa shape index (κ3) is 6.43.